The van der Waals surface area contributed by atoms with Crippen LogP contribution in [0.1, 0.15) is 36.6 Å². The first kappa shape index (κ1) is 21.2. The maximum atomic E-state index is 14.6. The second-order valence-corrected chi connectivity index (χ2v) is 7.60. The summed E-state index contributed by atoms with van der Waals surface area (Å²) >= 11 is 7.46. The number of alkyl halides is 2. The highest BCUT2D eigenvalue weighted by atomic mass is 35.5. The molecule has 0 amide bonds. The fourth-order valence-electron chi connectivity index (χ4n) is 2.96. The maximum Gasteiger partial charge on any atom is 0.291 e. The van der Waals surface area contributed by atoms with Crippen molar-refractivity contribution in [3.8, 4) is 0 Å². The van der Waals surface area contributed by atoms with Crippen molar-refractivity contribution in [2.45, 2.75) is 43.7 Å². The second kappa shape index (κ2) is 9.20. The largest absolute Gasteiger partial charge is 0.363 e. The average molecular weight is 420 g/mol. The van der Waals surface area contributed by atoms with E-state index in [1.165, 1.54) is 23.9 Å². The lowest BCUT2D eigenvalue weighted by Crippen LogP contribution is -2.26. The number of benzene rings is 1. The quantitative estimate of drug-likeness (QED) is 0.477. The normalized spacial score (nSPS) is 13.7. The smallest absolute Gasteiger partial charge is 0.291 e. The van der Waals surface area contributed by atoms with Crippen molar-refractivity contribution in [1.82, 2.24) is 9.97 Å². The van der Waals surface area contributed by atoms with Gasteiger partial charge in [-0.2, -0.15) is 8.78 Å². The first-order chi connectivity index (χ1) is 12.0. The van der Waals surface area contributed by atoms with E-state index in [2.05, 4.69) is 15.3 Å². The van der Waals surface area contributed by atoms with Gasteiger partial charge in [-0.05, 0) is 37.5 Å². The van der Waals surface area contributed by atoms with E-state index in [9.17, 15) is 8.78 Å². The molecule has 1 heterocycles. The minimum Gasteiger partial charge on any atom is -0.363 e. The van der Waals surface area contributed by atoms with Gasteiger partial charge in [0.15, 0.2) is 5.16 Å². The molecule has 1 aliphatic rings. The Labute approximate surface area is 167 Å². The summed E-state index contributed by atoms with van der Waals surface area (Å²) in [6, 6.07) is 6.05. The molecule has 0 atom stereocenters. The van der Waals surface area contributed by atoms with Gasteiger partial charge in [0.05, 0.1) is 12.2 Å². The van der Waals surface area contributed by atoms with Gasteiger partial charge < -0.3 is 5.32 Å². The Kier molecular flexibility index (Phi) is 7.50. The third-order valence-electron chi connectivity index (χ3n) is 4.18. The Hall–Kier alpha value is -1.11. The minimum absolute atomic E-state index is 0. The Bertz CT molecular complexity index is 759. The number of aromatic nitrogens is 2. The van der Waals surface area contributed by atoms with Crippen molar-refractivity contribution in [3.63, 3.8) is 0 Å². The maximum absolute atomic E-state index is 14.6. The van der Waals surface area contributed by atoms with Crippen LogP contribution in [0.25, 0.3) is 0 Å². The second-order valence-electron chi connectivity index (χ2n) is 5.96. The number of hydrogen-bond donors (Lipinski definition) is 1. The van der Waals surface area contributed by atoms with Crippen LogP contribution in [0.3, 0.4) is 0 Å². The van der Waals surface area contributed by atoms with E-state index >= 15 is 0 Å². The molecule has 0 saturated heterocycles. The molecule has 0 unspecified atom stereocenters. The molecule has 0 aliphatic heterocycles. The molecule has 0 bridgehead atoms. The Morgan fingerprint density at radius 2 is 1.92 bits per heavy atom. The van der Waals surface area contributed by atoms with Crippen LogP contribution in [0.5, 0.6) is 0 Å². The highest BCUT2D eigenvalue weighted by molar-refractivity contribution is 7.99. The molecular formula is C18H21Cl2F2N3S. The number of thioether (sulfide) groups is 1. The van der Waals surface area contributed by atoms with Crippen molar-refractivity contribution in [1.29, 1.82) is 0 Å². The molecule has 1 aromatic carbocycles. The standard InChI is InChI=1S/C18H20ClF2N3S.ClH/c1-2-25-17-23-15-10-6-3-7-12(15)16(24-17)22-11-18(20,21)13-8-4-5-9-14(13)19;/h4-5,8-9H,2-3,6-7,10-11H2,1H3,(H,22,23,24);1H. The molecule has 1 N–H and O–H groups in total. The molecule has 0 fully saturated rings. The van der Waals surface area contributed by atoms with Crippen molar-refractivity contribution in [2.24, 2.45) is 0 Å². The molecule has 3 rings (SSSR count). The van der Waals surface area contributed by atoms with Crippen LogP contribution < -0.4 is 5.32 Å². The summed E-state index contributed by atoms with van der Waals surface area (Å²) < 4.78 is 29.2. The first-order valence-electron chi connectivity index (χ1n) is 8.40. The lowest BCUT2D eigenvalue weighted by Gasteiger charge is -2.23. The molecule has 2 aromatic rings. The number of hydrogen-bond acceptors (Lipinski definition) is 4. The van der Waals surface area contributed by atoms with E-state index in [0.29, 0.717) is 11.0 Å². The Morgan fingerprint density at radius 3 is 2.65 bits per heavy atom. The van der Waals surface area contributed by atoms with E-state index in [0.717, 1.165) is 42.7 Å². The number of nitrogens with one attached hydrogen (secondary N) is 1. The summed E-state index contributed by atoms with van der Waals surface area (Å²) in [5.74, 6) is -1.70. The summed E-state index contributed by atoms with van der Waals surface area (Å²) in [5, 5.41) is 3.58. The predicted octanol–water partition coefficient (Wildman–Crippen LogP) is 5.75. The minimum atomic E-state index is -3.08. The van der Waals surface area contributed by atoms with Crippen LogP contribution in [-0.2, 0) is 18.8 Å². The zero-order chi connectivity index (χ0) is 17.9. The molecule has 0 spiro atoms. The first-order valence-corrected chi connectivity index (χ1v) is 9.77. The average Bonchev–Trinajstić information content (AvgIpc) is 2.60. The molecule has 8 heteroatoms. The Balaban J connectivity index is 0.00000243. The zero-order valence-electron chi connectivity index (χ0n) is 14.4. The van der Waals surface area contributed by atoms with Crippen LogP contribution in [0.15, 0.2) is 29.4 Å². The van der Waals surface area contributed by atoms with Crippen LogP contribution in [0.2, 0.25) is 5.02 Å². The fourth-order valence-corrected chi connectivity index (χ4v) is 3.82. The highest BCUT2D eigenvalue weighted by Crippen LogP contribution is 2.34. The van der Waals surface area contributed by atoms with Crippen LogP contribution in [0, 0.1) is 0 Å². The molecule has 26 heavy (non-hydrogen) atoms. The highest BCUT2D eigenvalue weighted by Gasteiger charge is 2.34. The number of aryl methyl sites for hydroxylation is 1. The van der Waals surface area contributed by atoms with Crippen molar-refractivity contribution in [3.05, 3.63) is 46.1 Å². The molecule has 142 valence electrons. The summed E-state index contributed by atoms with van der Waals surface area (Å²) in [6.45, 7) is 1.47. The van der Waals surface area contributed by atoms with E-state index in [1.807, 2.05) is 6.92 Å². The molecule has 1 aliphatic carbocycles. The number of rotatable bonds is 6. The van der Waals surface area contributed by atoms with Crippen LogP contribution in [0.4, 0.5) is 14.6 Å². The van der Waals surface area contributed by atoms with E-state index in [1.54, 1.807) is 12.1 Å². The van der Waals surface area contributed by atoms with E-state index in [4.69, 9.17) is 11.6 Å². The van der Waals surface area contributed by atoms with Crippen molar-refractivity contribution < 1.29 is 8.78 Å². The SMILES string of the molecule is CCSc1nc2c(c(NCC(F)(F)c3ccccc3Cl)n1)CCCC2.Cl. The van der Waals surface area contributed by atoms with Crippen LogP contribution >= 0.6 is 35.8 Å². The number of nitrogens with zero attached hydrogens (tertiary/aromatic N) is 2. The van der Waals surface area contributed by atoms with Gasteiger partial charge in [-0.15, -0.1) is 12.4 Å². The molecule has 1 aromatic heterocycles. The molecule has 3 nitrogen and oxygen atoms in total. The third-order valence-corrected chi connectivity index (χ3v) is 5.24. The van der Waals surface area contributed by atoms with Gasteiger partial charge >= 0.3 is 0 Å². The van der Waals surface area contributed by atoms with Gasteiger partial charge in [-0.3, -0.25) is 0 Å². The fraction of sp³-hybridized carbons (Fsp3) is 0.444. The predicted molar refractivity (Wildman–Crippen MR) is 106 cm³/mol. The third kappa shape index (κ3) is 4.78. The summed E-state index contributed by atoms with van der Waals surface area (Å²) in [4.78, 5) is 9.05. The van der Waals surface area contributed by atoms with Gasteiger partial charge in [0.2, 0.25) is 0 Å². The van der Waals surface area contributed by atoms with E-state index in [-0.39, 0.29) is 23.0 Å². The van der Waals surface area contributed by atoms with E-state index < -0.39 is 12.5 Å². The van der Waals surface area contributed by atoms with Gasteiger partial charge in [-0.1, -0.05) is 48.5 Å². The number of halogens is 4. The number of fused-ring (bicyclic) bond motifs is 1. The Morgan fingerprint density at radius 1 is 1.19 bits per heavy atom. The molecule has 0 saturated carbocycles. The van der Waals surface area contributed by atoms with Crippen LogP contribution in [-0.4, -0.2) is 22.3 Å². The summed E-state index contributed by atoms with van der Waals surface area (Å²) in [5.41, 5.74) is 1.79. The van der Waals surface area contributed by atoms with Crippen molar-refractivity contribution >= 4 is 41.6 Å². The van der Waals surface area contributed by atoms with Gasteiger partial charge in [0.25, 0.3) is 5.92 Å². The van der Waals surface area contributed by atoms with Gasteiger partial charge in [0.1, 0.15) is 5.82 Å². The topological polar surface area (TPSA) is 37.8 Å². The molecule has 0 radical (unpaired) electrons. The summed E-state index contributed by atoms with van der Waals surface area (Å²) in [7, 11) is 0. The summed E-state index contributed by atoms with van der Waals surface area (Å²) in [6.07, 6.45) is 3.82. The van der Waals surface area contributed by atoms with Gasteiger partial charge in [0, 0.05) is 16.1 Å². The molecular weight excluding hydrogens is 399 g/mol. The zero-order valence-corrected chi connectivity index (χ0v) is 16.8. The number of anilines is 1. The van der Waals surface area contributed by atoms with Gasteiger partial charge in [-0.25, -0.2) is 9.97 Å². The van der Waals surface area contributed by atoms with Crippen molar-refractivity contribution in [2.75, 3.05) is 17.6 Å². The lowest BCUT2D eigenvalue weighted by molar-refractivity contribution is 0.0106. The monoisotopic (exact) mass is 419 g/mol. The lowest BCUT2D eigenvalue weighted by atomic mass is 9.96.